The fourth-order valence-electron chi connectivity index (χ4n) is 5.37. The van der Waals surface area contributed by atoms with Crippen molar-refractivity contribution in [2.75, 3.05) is 19.7 Å². The number of hydrogen-bond acceptors (Lipinski definition) is 5. The highest BCUT2D eigenvalue weighted by molar-refractivity contribution is 5.88. The van der Waals surface area contributed by atoms with Crippen molar-refractivity contribution in [3.05, 3.63) is 39.7 Å². The summed E-state index contributed by atoms with van der Waals surface area (Å²) in [5, 5.41) is 11.7. The summed E-state index contributed by atoms with van der Waals surface area (Å²) in [5.41, 5.74) is 1.38. The Hall–Kier alpha value is -2.34. The summed E-state index contributed by atoms with van der Waals surface area (Å²) < 4.78 is 11.5. The zero-order valence-electron chi connectivity index (χ0n) is 19.3. The Morgan fingerprint density at radius 2 is 2.09 bits per heavy atom. The minimum absolute atomic E-state index is 0.0582. The molecule has 2 fully saturated rings. The lowest BCUT2D eigenvalue weighted by Gasteiger charge is -2.47. The molecule has 2 aromatic rings. The van der Waals surface area contributed by atoms with E-state index in [4.69, 9.17) is 9.15 Å². The smallest absolute Gasteiger partial charge is 0.336 e. The fourth-order valence-corrected chi connectivity index (χ4v) is 5.37. The van der Waals surface area contributed by atoms with Gasteiger partial charge in [0.05, 0.1) is 11.0 Å². The number of unbranched alkanes of at least 4 members (excludes halogenated alkanes) is 2. The van der Waals surface area contributed by atoms with E-state index in [-0.39, 0.29) is 24.1 Å². The number of likely N-dealkylation sites (tertiary alicyclic amines) is 1. The number of piperidine rings is 1. The molecule has 6 heteroatoms. The van der Waals surface area contributed by atoms with Crippen molar-refractivity contribution < 1.29 is 19.1 Å². The second-order valence-corrected chi connectivity index (χ2v) is 9.61. The second kappa shape index (κ2) is 9.65. The topological polar surface area (TPSA) is 80.0 Å². The van der Waals surface area contributed by atoms with E-state index in [2.05, 4.69) is 6.92 Å². The van der Waals surface area contributed by atoms with Crippen molar-refractivity contribution >= 4 is 16.9 Å². The summed E-state index contributed by atoms with van der Waals surface area (Å²) in [6.07, 6.45) is 8.60. The SMILES string of the molecule is CCCCCc1cc(=O)oc2cc(C)cc(OCC(=O)N3CC[C@@]4(O)CCCC[C@@H]4C3)c12. The van der Waals surface area contributed by atoms with E-state index in [1.165, 1.54) is 0 Å². The summed E-state index contributed by atoms with van der Waals surface area (Å²) >= 11 is 0. The van der Waals surface area contributed by atoms with Gasteiger partial charge in [0.2, 0.25) is 0 Å². The molecule has 6 nitrogen and oxygen atoms in total. The van der Waals surface area contributed by atoms with Crippen molar-refractivity contribution in [2.45, 2.75) is 77.2 Å². The van der Waals surface area contributed by atoms with Gasteiger partial charge in [-0.3, -0.25) is 4.79 Å². The number of nitrogens with zero attached hydrogens (tertiary/aromatic N) is 1. The van der Waals surface area contributed by atoms with Gasteiger partial charge in [-0.05, 0) is 62.3 Å². The van der Waals surface area contributed by atoms with Crippen LogP contribution in [0.1, 0.15) is 69.4 Å². The number of ether oxygens (including phenoxy) is 1. The van der Waals surface area contributed by atoms with Gasteiger partial charge in [0, 0.05) is 25.1 Å². The van der Waals surface area contributed by atoms with Crippen LogP contribution in [-0.4, -0.2) is 41.2 Å². The van der Waals surface area contributed by atoms with Crippen molar-refractivity contribution in [3.63, 3.8) is 0 Å². The molecule has 0 bridgehead atoms. The fraction of sp³-hybridized carbons (Fsp3) is 0.615. The van der Waals surface area contributed by atoms with Crippen molar-refractivity contribution in [1.29, 1.82) is 0 Å². The highest BCUT2D eigenvalue weighted by atomic mass is 16.5. The van der Waals surface area contributed by atoms with Gasteiger partial charge in [-0.25, -0.2) is 4.79 Å². The number of rotatable bonds is 7. The minimum atomic E-state index is -0.604. The molecule has 32 heavy (non-hydrogen) atoms. The van der Waals surface area contributed by atoms with Crippen LogP contribution < -0.4 is 10.4 Å². The van der Waals surface area contributed by atoms with Crippen molar-refractivity contribution in [3.8, 4) is 5.75 Å². The molecule has 2 aliphatic rings. The van der Waals surface area contributed by atoms with E-state index in [1.807, 2.05) is 24.0 Å². The molecule has 174 valence electrons. The summed E-state index contributed by atoms with van der Waals surface area (Å²) in [6, 6.07) is 5.31. The number of hydrogen-bond donors (Lipinski definition) is 1. The zero-order valence-corrected chi connectivity index (χ0v) is 19.3. The molecule has 1 aliphatic carbocycles. The van der Waals surface area contributed by atoms with Crippen LogP contribution in [0.5, 0.6) is 5.75 Å². The Morgan fingerprint density at radius 1 is 1.25 bits per heavy atom. The number of benzene rings is 1. The Kier molecular flexibility index (Phi) is 6.89. The molecule has 1 N–H and O–H groups in total. The monoisotopic (exact) mass is 441 g/mol. The Morgan fingerprint density at radius 3 is 2.91 bits per heavy atom. The molecule has 0 radical (unpaired) electrons. The third-order valence-corrected chi connectivity index (χ3v) is 7.22. The molecule has 1 aliphatic heterocycles. The number of amides is 1. The first-order valence-corrected chi connectivity index (χ1v) is 12.1. The number of aliphatic hydroxyl groups is 1. The lowest BCUT2D eigenvalue weighted by atomic mass is 9.71. The van der Waals surface area contributed by atoms with E-state index < -0.39 is 5.60 Å². The molecule has 4 rings (SSSR count). The first kappa shape index (κ1) is 22.8. The molecule has 0 unspecified atom stereocenters. The maximum Gasteiger partial charge on any atom is 0.336 e. The molecular formula is C26H35NO5. The Balaban J connectivity index is 1.51. The van der Waals surface area contributed by atoms with Gasteiger partial charge in [0.15, 0.2) is 6.61 Å². The normalized spacial score (nSPS) is 23.2. The third kappa shape index (κ3) is 4.85. The van der Waals surface area contributed by atoms with Gasteiger partial charge >= 0.3 is 5.63 Å². The molecule has 0 spiro atoms. The van der Waals surface area contributed by atoms with E-state index in [0.29, 0.717) is 30.8 Å². The summed E-state index contributed by atoms with van der Waals surface area (Å²) in [5.74, 6) is 0.695. The molecule has 1 saturated heterocycles. The summed E-state index contributed by atoms with van der Waals surface area (Å²) in [4.78, 5) is 26.9. The third-order valence-electron chi connectivity index (χ3n) is 7.22. The Bertz CT molecular complexity index is 1030. The van der Waals surface area contributed by atoms with Crippen LogP contribution in [0, 0.1) is 12.8 Å². The summed E-state index contributed by atoms with van der Waals surface area (Å²) in [6.45, 7) is 5.19. The van der Waals surface area contributed by atoms with E-state index >= 15 is 0 Å². The first-order valence-electron chi connectivity index (χ1n) is 12.1. The van der Waals surface area contributed by atoms with Crippen LogP contribution in [0.2, 0.25) is 0 Å². The standard InChI is InChI=1S/C26H35NO5/c1-3-4-5-8-19-15-24(29)32-22-14-18(2)13-21(25(19)22)31-17-23(28)27-12-11-26(30)10-7-6-9-20(26)16-27/h13-15,20,30H,3-12,16-17H2,1-2H3/t20-,26+/m1/s1. The van der Waals surface area contributed by atoms with Crippen LogP contribution >= 0.6 is 0 Å². The molecule has 2 heterocycles. The molecule has 1 saturated carbocycles. The second-order valence-electron chi connectivity index (χ2n) is 9.61. The number of aryl methyl sites for hydroxylation is 2. The van der Waals surface area contributed by atoms with Crippen molar-refractivity contribution in [2.24, 2.45) is 5.92 Å². The van der Waals surface area contributed by atoms with E-state index in [9.17, 15) is 14.7 Å². The van der Waals surface area contributed by atoms with Gasteiger partial charge in [0.25, 0.3) is 5.91 Å². The van der Waals surface area contributed by atoms with Crippen LogP contribution in [0.4, 0.5) is 0 Å². The quantitative estimate of drug-likeness (QED) is 0.510. The van der Waals surface area contributed by atoms with Gasteiger partial charge in [-0.2, -0.15) is 0 Å². The summed E-state index contributed by atoms with van der Waals surface area (Å²) in [7, 11) is 0. The lowest BCUT2D eigenvalue weighted by Crippen LogP contribution is -2.55. The zero-order chi connectivity index (χ0) is 22.7. The van der Waals surface area contributed by atoms with Crippen LogP contribution in [0.3, 0.4) is 0 Å². The average molecular weight is 442 g/mol. The van der Waals surface area contributed by atoms with Gasteiger partial charge < -0.3 is 19.2 Å². The van der Waals surface area contributed by atoms with Gasteiger partial charge in [-0.15, -0.1) is 0 Å². The van der Waals surface area contributed by atoms with Crippen molar-refractivity contribution in [1.82, 2.24) is 4.90 Å². The molecule has 1 amide bonds. The van der Waals surface area contributed by atoms with E-state index in [1.54, 1.807) is 6.07 Å². The maximum atomic E-state index is 13.0. The first-order chi connectivity index (χ1) is 15.4. The van der Waals surface area contributed by atoms with Gasteiger partial charge in [-0.1, -0.05) is 32.6 Å². The van der Waals surface area contributed by atoms with Crippen LogP contribution in [-0.2, 0) is 11.2 Å². The highest BCUT2D eigenvalue weighted by Gasteiger charge is 2.43. The average Bonchev–Trinajstić information content (AvgIpc) is 2.76. The minimum Gasteiger partial charge on any atom is -0.483 e. The lowest BCUT2D eigenvalue weighted by molar-refractivity contribution is -0.145. The largest absolute Gasteiger partial charge is 0.483 e. The van der Waals surface area contributed by atoms with E-state index in [0.717, 1.165) is 67.9 Å². The molecule has 1 aromatic heterocycles. The van der Waals surface area contributed by atoms with Crippen LogP contribution in [0.15, 0.2) is 27.4 Å². The predicted octanol–water partition coefficient (Wildman–Crippen LogP) is 4.37. The van der Waals surface area contributed by atoms with Gasteiger partial charge in [0.1, 0.15) is 11.3 Å². The number of carbonyl (C=O) groups is 1. The molecule has 1 aromatic carbocycles. The number of carbonyl (C=O) groups excluding carboxylic acids is 1. The Labute approximate surface area is 189 Å². The molecule has 2 atom stereocenters. The highest BCUT2D eigenvalue weighted by Crippen LogP contribution is 2.40. The predicted molar refractivity (Wildman–Crippen MR) is 124 cm³/mol. The number of fused-ring (bicyclic) bond motifs is 2. The molecular weight excluding hydrogens is 406 g/mol. The van der Waals surface area contributed by atoms with Crippen LogP contribution in [0.25, 0.3) is 11.0 Å². The maximum absolute atomic E-state index is 13.0.